The van der Waals surface area contributed by atoms with Gasteiger partial charge < -0.3 is 56.8 Å². The molecule has 0 spiro atoms. The minimum absolute atomic E-state index is 0.00666. The molecular formula is C31H60O14. The number of rotatable bonds is 37. The standard InChI is InChI=1S/C31H60O14/c1-4-6-7-29(5-2)31(33)45-27-26-43-23-22-41-19-18-39-15-14-37-11-10-35-8-9-36-12-13-38-16-17-40-20-21-42-24-25-44-28-30(32)34-3/h29H,4-28H2,1-3H3. The van der Waals surface area contributed by atoms with Crippen LogP contribution in [0.15, 0.2) is 0 Å². The molecule has 0 aromatic carbocycles. The third kappa shape index (κ3) is 33.7. The largest absolute Gasteiger partial charge is 0.467 e. The molecule has 0 fully saturated rings. The van der Waals surface area contributed by atoms with Gasteiger partial charge in [-0.2, -0.15) is 0 Å². The Morgan fingerprint density at radius 2 is 0.778 bits per heavy atom. The lowest BCUT2D eigenvalue weighted by molar-refractivity contribution is -0.150. The molecule has 0 bridgehead atoms. The molecule has 0 aromatic heterocycles. The van der Waals surface area contributed by atoms with Gasteiger partial charge in [0.1, 0.15) is 13.2 Å². The Bertz CT molecular complexity index is 625. The highest BCUT2D eigenvalue weighted by Gasteiger charge is 2.16. The van der Waals surface area contributed by atoms with Crippen molar-refractivity contribution in [3.05, 3.63) is 0 Å². The molecule has 268 valence electrons. The summed E-state index contributed by atoms with van der Waals surface area (Å²) in [5, 5.41) is 0. The van der Waals surface area contributed by atoms with Crippen molar-refractivity contribution in [3.63, 3.8) is 0 Å². The molecule has 1 unspecified atom stereocenters. The molecule has 0 amide bonds. The molecule has 45 heavy (non-hydrogen) atoms. The maximum absolute atomic E-state index is 12.0. The van der Waals surface area contributed by atoms with Gasteiger partial charge in [-0.05, 0) is 12.8 Å². The van der Waals surface area contributed by atoms with Crippen LogP contribution in [0.5, 0.6) is 0 Å². The SMILES string of the molecule is CCCCC(CC)C(=O)OCCOCCOCCOCCOCCOCCOCCOCCOCCOCCOCC(=O)OC. The second-order valence-electron chi connectivity index (χ2n) is 9.55. The average Bonchev–Trinajstić information content (AvgIpc) is 3.05. The second kappa shape index (κ2) is 37.0. The van der Waals surface area contributed by atoms with E-state index in [1.807, 2.05) is 6.92 Å². The van der Waals surface area contributed by atoms with E-state index in [1.54, 1.807) is 0 Å². The molecule has 0 aliphatic heterocycles. The predicted molar refractivity (Wildman–Crippen MR) is 164 cm³/mol. The molecule has 1 atom stereocenters. The van der Waals surface area contributed by atoms with Crippen LogP contribution >= 0.6 is 0 Å². The van der Waals surface area contributed by atoms with Crippen LogP contribution in [0, 0.1) is 5.92 Å². The van der Waals surface area contributed by atoms with E-state index in [2.05, 4.69) is 11.7 Å². The van der Waals surface area contributed by atoms with Gasteiger partial charge in [0.15, 0.2) is 0 Å². The summed E-state index contributed by atoms with van der Waals surface area (Å²) in [6, 6.07) is 0. The van der Waals surface area contributed by atoms with E-state index in [-0.39, 0.29) is 25.1 Å². The Morgan fingerprint density at radius 1 is 0.467 bits per heavy atom. The van der Waals surface area contributed by atoms with Crippen molar-refractivity contribution in [2.45, 2.75) is 39.5 Å². The average molecular weight is 657 g/mol. The first-order valence-corrected chi connectivity index (χ1v) is 16.2. The fraction of sp³-hybridized carbons (Fsp3) is 0.935. The molecule has 0 N–H and O–H groups in total. The van der Waals surface area contributed by atoms with Gasteiger partial charge in [-0.1, -0.05) is 26.7 Å². The van der Waals surface area contributed by atoms with Crippen molar-refractivity contribution in [2.24, 2.45) is 5.92 Å². The van der Waals surface area contributed by atoms with Crippen molar-refractivity contribution in [2.75, 3.05) is 146 Å². The number of carbonyl (C=O) groups is 2. The van der Waals surface area contributed by atoms with E-state index in [0.717, 1.165) is 25.7 Å². The first-order valence-electron chi connectivity index (χ1n) is 16.2. The molecule has 14 heteroatoms. The van der Waals surface area contributed by atoms with Gasteiger partial charge in [-0.3, -0.25) is 4.79 Å². The Hall–Kier alpha value is -1.46. The minimum atomic E-state index is -0.410. The maximum atomic E-state index is 12.0. The summed E-state index contributed by atoms with van der Waals surface area (Å²) in [4.78, 5) is 22.9. The zero-order valence-electron chi connectivity index (χ0n) is 28.0. The molecule has 0 aromatic rings. The van der Waals surface area contributed by atoms with Gasteiger partial charge in [0, 0.05) is 0 Å². The third-order valence-electron chi connectivity index (χ3n) is 6.00. The monoisotopic (exact) mass is 656 g/mol. The van der Waals surface area contributed by atoms with Gasteiger partial charge in [0.2, 0.25) is 0 Å². The van der Waals surface area contributed by atoms with Crippen molar-refractivity contribution in [3.8, 4) is 0 Å². The molecule has 0 heterocycles. The number of ether oxygens (including phenoxy) is 12. The molecule has 0 radical (unpaired) electrons. The highest BCUT2D eigenvalue weighted by Crippen LogP contribution is 2.14. The van der Waals surface area contributed by atoms with Crippen LogP contribution in [0.2, 0.25) is 0 Å². The van der Waals surface area contributed by atoms with E-state index in [0.29, 0.717) is 126 Å². The highest BCUT2D eigenvalue weighted by atomic mass is 16.6. The first kappa shape index (κ1) is 43.5. The second-order valence-corrected chi connectivity index (χ2v) is 9.55. The van der Waals surface area contributed by atoms with Crippen LogP contribution in [0.1, 0.15) is 39.5 Å². The zero-order valence-corrected chi connectivity index (χ0v) is 28.0. The number of unbranched alkanes of at least 4 members (excludes halogenated alkanes) is 1. The molecule has 0 aliphatic carbocycles. The lowest BCUT2D eigenvalue weighted by atomic mass is 10.00. The predicted octanol–water partition coefficient (Wildman–Crippen LogP) is 2.09. The van der Waals surface area contributed by atoms with Crippen LogP contribution < -0.4 is 0 Å². The number of esters is 2. The number of methoxy groups -OCH3 is 1. The quantitative estimate of drug-likeness (QED) is 0.0711. The Labute approximate surface area is 269 Å². The minimum Gasteiger partial charge on any atom is -0.467 e. The first-order chi connectivity index (χ1) is 22.2. The van der Waals surface area contributed by atoms with Crippen LogP contribution in [0.3, 0.4) is 0 Å². The highest BCUT2D eigenvalue weighted by molar-refractivity contribution is 5.72. The molecule has 0 rings (SSSR count). The van der Waals surface area contributed by atoms with Crippen molar-refractivity contribution in [1.29, 1.82) is 0 Å². The Kier molecular flexibility index (Phi) is 35.8. The lowest BCUT2D eigenvalue weighted by Crippen LogP contribution is -2.20. The zero-order chi connectivity index (χ0) is 32.9. The number of hydrogen-bond acceptors (Lipinski definition) is 14. The van der Waals surface area contributed by atoms with E-state index in [1.165, 1.54) is 7.11 Å². The molecular weight excluding hydrogens is 596 g/mol. The van der Waals surface area contributed by atoms with E-state index >= 15 is 0 Å². The van der Waals surface area contributed by atoms with E-state index < -0.39 is 5.97 Å². The van der Waals surface area contributed by atoms with E-state index in [9.17, 15) is 9.59 Å². The maximum Gasteiger partial charge on any atom is 0.331 e. The molecule has 0 saturated carbocycles. The van der Waals surface area contributed by atoms with E-state index in [4.69, 9.17) is 52.1 Å². The van der Waals surface area contributed by atoms with Crippen LogP contribution in [0.25, 0.3) is 0 Å². The number of carbonyl (C=O) groups excluding carboxylic acids is 2. The molecule has 0 aliphatic rings. The summed E-state index contributed by atoms with van der Waals surface area (Å²) in [7, 11) is 1.31. The molecule has 0 saturated heterocycles. The summed E-state index contributed by atoms with van der Waals surface area (Å²) < 4.78 is 63.7. The summed E-state index contributed by atoms with van der Waals surface area (Å²) in [5.41, 5.74) is 0. The Balaban J connectivity index is 3.15. The summed E-state index contributed by atoms with van der Waals surface area (Å²) in [6.45, 7) is 13.0. The summed E-state index contributed by atoms with van der Waals surface area (Å²) in [6.07, 6.45) is 3.82. The van der Waals surface area contributed by atoms with Crippen molar-refractivity contribution in [1.82, 2.24) is 0 Å². The van der Waals surface area contributed by atoms with Crippen LogP contribution in [0.4, 0.5) is 0 Å². The van der Waals surface area contributed by atoms with Gasteiger partial charge in [0.05, 0.1) is 139 Å². The van der Waals surface area contributed by atoms with Crippen molar-refractivity contribution >= 4 is 11.9 Å². The van der Waals surface area contributed by atoms with Crippen LogP contribution in [-0.4, -0.2) is 158 Å². The smallest absolute Gasteiger partial charge is 0.331 e. The number of hydrogen-bond donors (Lipinski definition) is 0. The summed E-state index contributed by atoms with van der Waals surface area (Å²) in [5.74, 6) is -0.540. The fourth-order valence-corrected chi connectivity index (χ4v) is 3.45. The van der Waals surface area contributed by atoms with Gasteiger partial charge >= 0.3 is 11.9 Å². The van der Waals surface area contributed by atoms with Gasteiger partial charge in [-0.25, -0.2) is 4.79 Å². The van der Waals surface area contributed by atoms with Crippen molar-refractivity contribution < 1.29 is 66.4 Å². The van der Waals surface area contributed by atoms with Gasteiger partial charge in [0.25, 0.3) is 0 Å². The topological polar surface area (TPSA) is 145 Å². The van der Waals surface area contributed by atoms with Gasteiger partial charge in [-0.15, -0.1) is 0 Å². The lowest BCUT2D eigenvalue weighted by Gasteiger charge is -2.13. The fourth-order valence-electron chi connectivity index (χ4n) is 3.45. The molecule has 14 nitrogen and oxygen atoms in total. The Morgan fingerprint density at radius 3 is 1.07 bits per heavy atom. The normalized spacial score (nSPS) is 12.0. The van der Waals surface area contributed by atoms with Crippen LogP contribution in [-0.2, 0) is 66.4 Å². The summed E-state index contributed by atoms with van der Waals surface area (Å²) >= 11 is 0. The third-order valence-corrected chi connectivity index (χ3v) is 6.00.